The molecule has 1 amide bonds. The number of carbonyl (C=O) groups is 1. The lowest BCUT2D eigenvalue weighted by molar-refractivity contribution is -0.669. The van der Waals surface area contributed by atoms with Gasteiger partial charge in [-0.1, -0.05) is 6.07 Å². The molecule has 3 aliphatic rings. The number of nitrogens with one attached hydrogen (secondary N) is 1. The molecule has 10 heteroatoms. The Labute approximate surface area is 139 Å². The second-order valence-electron chi connectivity index (χ2n) is 5.77. The van der Waals surface area contributed by atoms with Gasteiger partial charge in [0.25, 0.3) is 0 Å². The second-order valence-corrected chi connectivity index (χ2v) is 5.77. The summed E-state index contributed by atoms with van der Waals surface area (Å²) in [5.74, 6) is 1.13. The quantitative estimate of drug-likeness (QED) is 0.819. The van der Waals surface area contributed by atoms with Gasteiger partial charge in [-0.05, 0) is 6.07 Å². The maximum atomic E-state index is 12.7. The van der Waals surface area contributed by atoms with Crippen LogP contribution >= 0.6 is 0 Å². The molecule has 4 rings (SSSR count). The Kier molecular flexibility index (Phi) is 3.48. The first-order valence-electron chi connectivity index (χ1n) is 7.46. The highest BCUT2D eigenvalue weighted by molar-refractivity contribution is 5.94. The van der Waals surface area contributed by atoms with E-state index in [0.29, 0.717) is 17.1 Å². The molecule has 7 nitrogen and oxygen atoms in total. The molecule has 132 valence electrons. The van der Waals surface area contributed by atoms with E-state index < -0.39 is 31.0 Å². The number of quaternary nitrogens is 1. The number of carbonyl (C=O) groups excluding carboxylic acids is 1. The zero-order chi connectivity index (χ0) is 17.8. The predicted molar refractivity (Wildman–Crippen MR) is 78.8 cm³/mol. The molecule has 0 spiro atoms. The highest BCUT2D eigenvalue weighted by Gasteiger charge is 2.50. The highest BCUT2D eigenvalue weighted by atomic mass is 19.4. The molecular weight excluding hydrogens is 343 g/mol. The normalized spacial score (nSPS) is 25.8. The molecule has 0 saturated carbocycles. The van der Waals surface area contributed by atoms with Crippen molar-refractivity contribution in [3.63, 3.8) is 0 Å². The number of hydrogen-bond donors (Lipinski definition) is 2. The number of aliphatic imine (C=N–C) groups is 1. The van der Waals surface area contributed by atoms with Gasteiger partial charge in [0, 0.05) is 6.07 Å². The van der Waals surface area contributed by atoms with Crippen molar-refractivity contribution >= 4 is 23.3 Å². The topological polar surface area (TPSA) is 75.8 Å². The van der Waals surface area contributed by atoms with Crippen molar-refractivity contribution in [3.8, 4) is 5.75 Å². The van der Waals surface area contributed by atoms with E-state index in [0.717, 1.165) is 15.6 Å². The van der Waals surface area contributed by atoms with E-state index in [1.165, 1.54) is 0 Å². The zero-order valence-corrected chi connectivity index (χ0v) is 12.7. The monoisotopic (exact) mass is 356 g/mol. The van der Waals surface area contributed by atoms with E-state index >= 15 is 0 Å². The summed E-state index contributed by atoms with van der Waals surface area (Å²) in [6.07, 6.45) is -6.83. The number of rotatable bonds is 2. The Morgan fingerprint density at radius 2 is 2.20 bits per heavy atom. The van der Waals surface area contributed by atoms with Crippen LogP contribution in [0.3, 0.4) is 0 Å². The number of hydrogen-bond acceptors (Lipinski definition) is 5. The number of benzene rings is 1. The van der Waals surface area contributed by atoms with Crippen molar-refractivity contribution in [1.29, 1.82) is 0 Å². The van der Waals surface area contributed by atoms with Crippen molar-refractivity contribution in [2.75, 3.05) is 18.1 Å². The van der Waals surface area contributed by atoms with E-state index in [4.69, 9.17) is 9.47 Å². The van der Waals surface area contributed by atoms with E-state index in [2.05, 4.69) is 4.99 Å². The molecule has 25 heavy (non-hydrogen) atoms. The molecule has 1 saturated heterocycles. The Bertz CT molecular complexity index is 793. The van der Waals surface area contributed by atoms with Gasteiger partial charge in [0.15, 0.2) is 24.5 Å². The number of ether oxygens (including phenoxy) is 2. The van der Waals surface area contributed by atoms with Gasteiger partial charge >= 0.3 is 12.3 Å². The van der Waals surface area contributed by atoms with Gasteiger partial charge in [-0.2, -0.15) is 18.2 Å². The van der Waals surface area contributed by atoms with Crippen LogP contribution in [-0.4, -0.2) is 48.6 Å². The van der Waals surface area contributed by atoms with E-state index in [9.17, 15) is 23.1 Å². The predicted octanol–water partition coefficient (Wildman–Crippen LogP) is 0.727. The van der Waals surface area contributed by atoms with E-state index in [1.54, 1.807) is 30.6 Å². The molecule has 3 atom stereocenters. The van der Waals surface area contributed by atoms with Gasteiger partial charge in [-0.15, -0.1) is 0 Å². The first-order chi connectivity index (χ1) is 11.9. The Hall–Kier alpha value is -2.59. The molecule has 3 aliphatic heterocycles. The number of cyclic esters (lactones) is 1. The largest absolute Gasteiger partial charge is 0.473 e. The van der Waals surface area contributed by atoms with E-state index in [1.807, 2.05) is 0 Å². The molecule has 0 radical (unpaired) electrons. The van der Waals surface area contributed by atoms with Crippen LogP contribution in [-0.2, 0) is 4.74 Å². The van der Waals surface area contributed by atoms with Gasteiger partial charge < -0.3 is 14.6 Å². The standard InChI is InChI=1S/C15H12F3N3O4/c16-15(17,18)13(22)10-6-21(14(23)25-10)9-3-1-2-8-12(9)24-7-11-19-4-5-20(8)11/h1-5,10,13,22H,6-7H2/p+1/t10-,13?/m1/s1. The molecule has 1 aromatic carbocycles. The maximum Gasteiger partial charge on any atom is 0.418 e. The van der Waals surface area contributed by atoms with Crippen molar-refractivity contribution in [3.05, 3.63) is 30.6 Å². The van der Waals surface area contributed by atoms with Crippen LogP contribution in [0.1, 0.15) is 0 Å². The molecule has 1 fully saturated rings. The number of aliphatic hydroxyl groups excluding tert-OH is 1. The minimum atomic E-state index is -4.87. The van der Waals surface area contributed by atoms with Crippen LogP contribution in [0.2, 0.25) is 0 Å². The van der Waals surface area contributed by atoms with Crippen molar-refractivity contribution in [2.24, 2.45) is 4.99 Å². The third-order valence-electron chi connectivity index (χ3n) is 4.23. The van der Waals surface area contributed by atoms with Gasteiger partial charge in [0.2, 0.25) is 11.6 Å². The van der Waals surface area contributed by atoms with Gasteiger partial charge in [-0.3, -0.25) is 4.90 Å². The third kappa shape index (κ3) is 2.53. The molecule has 2 unspecified atom stereocenters. The number of amides is 1. The fourth-order valence-corrected chi connectivity index (χ4v) is 3.03. The number of fused-ring (bicyclic) bond motifs is 3. The summed E-state index contributed by atoms with van der Waals surface area (Å²) >= 11 is 0. The molecule has 2 N–H and O–H groups in total. The lowest BCUT2D eigenvalue weighted by atomic mass is 10.1. The minimum Gasteiger partial charge on any atom is -0.473 e. The maximum absolute atomic E-state index is 12.7. The van der Waals surface area contributed by atoms with Crippen LogP contribution in [0.5, 0.6) is 5.75 Å². The van der Waals surface area contributed by atoms with Crippen LogP contribution in [0, 0.1) is 0 Å². The van der Waals surface area contributed by atoms with Crippen LogP contribution in [0.15, 0.2) is 35.6 Å². The average molecular weight is 356 g/mol. The number of anilines is 1. The Morgan fingerprint density at radius 1 is 1.40 bits per heavy atom. The lowest BCUT2D eigenvalue weighted by Crippen LogP contribution is -3.06. The third-order valence-corrected chi connectivity index (χ3v) is 4.23. The van der Waals surface area contributed by atoms with Crippen molar-refractivity contribution < 1.29 is 37.4 Å². The summed E-state index contributed by atoms with van der Waals surface area (Å²) in [5.41, 5.74) is 0.995. The van der Waals surface area contributed by atoms with Gasteiger partial charge in [-0.25, -0.2) is 9.69 Å². The molecule has 0 aromatic heterocycles. The summed E-state index contributed by atoms with van der Waals surface area (Å²) in [6, 6.07) is 5.01. The van der Waals surface area contributed by atoms with Gasteiger partial charge in [0.1, 0.15) is 6.20 Å². The number of nitrogens with zero attached hydrogens (tertiary/aromatic N) is 2. The number of halogens is 3. The van der Waals surface area contributed by atoms with Crippen molar-refractivity contribution in [2.45, 2.75) is 18.4 Å². The van der Waals surface area contributed by atoms with Crippen molar-refractivity contribution in [1.82, 2.24) is 0 Å². The molecule has 3 heterocycles. The number of aliphatic hydroxyl groups is 1. The fraction of sp³-hybridized carbons (Fsp3) is 0.333. The SMILES string of the molecule is O=C1O[C@@H](C(O)C(F)(F)F)CN1c1cccc2c1OCC1=NC=C[NH+]12. The fourth-order valence-electron chi connectivity index (χ4n) is 3.03. The highest BCUT2D eigenvalue weighted by Crippen LogP contribution is 2.39. The molecular formula is C15H13F3N3O4+. The first-order valence-corrected chi connectivity index (χ1v) is 7.46. The van der Waals surface area contributed by atoms with Gasteiger partial charge in [0.05, 0.1) is 18.4 Å². The number of amidine groups is 1. The summed E-state index contributed by atoms with van der Waals surface area (Å²) in [4.78, 5) is 18.1. The summed E-state index contributed by atoms with van der Waals surface area (Å²) in [5, 5.41) is 9.34. The van der Waals surface area contributed by atoms with Crippen LogP contribution in [0.4, 0.5) is 29.3 Å². The summed E-state index contributed by atoms with van der Waals surface area (Å²) in [7, 11) is 0. The first kappa shape index (κ1) is 15.9. The van der Waals surface area contributed by atoms with Crippen LogP contribution in [0.25, 0.3) is 0 Å². The molecule has 1 aromatic rings. The minimum absolute atomic E-state index is 0.198. The van der Waals surface area contributed by atoms with E-state index in [-0.39, 0.29) is 6.61 Å². The smallest absolute Gasteiger partial charge is 0.418 e. The summed E-state index contributed by atoms with van der Waals surface area (Å²) in [6.45, 7) is -0.227. The number of para-hydroxylation sites is 1. The molecule has 0 aliphatic carbocycles. The lowest BCUT2D eigenvalue weighted by Gasteiger charge is -2.25. The number of alkyl halides is 3. The Balaban J connectivity index is 1.65. The average Bonchev–Trinajstić information content (AvgIpc) is 3.19. The summed E-state index contributed by atoms with van der Waals surface area (Å²) < 4.78 is 48.4. The van der Waals surface area contributed by atoms with Crippen LogP contribution < -0.4 is 14.5 Å². The zero-order valence-electron chi connectivity index (χ0n) is 12.7. The second kappa shape index (κ2) is 5.46. The molecule has 0 bridgehead atoms. The Morgan fingerprint density at radius 3 is 2.96 bits per heavy atom.